The molecule has 0 N–H and O–H groups in total. The zero-order valence-corrected chi connectivity index (χ0v) is 80.8. The van der Waals surface area contributed by atoms with E-state index in [4.69, 9.17) is 0 Å². The van der Waals surface area contributed by atoms with E-state index in [9.17, 15) is 0 Å². The SMILES string of the molecule is Cc1cc(C)c(B(c2ccc(C#Cc3cc(-c4ccc(/C(=C(/c5ccccc5)c5ccc(N(c6ccccc6)c6ccccc6)cc5)c5ccccc5)cc4)c(C#Cc4ccc(B(c5c(C)cc(C)cc5C)c5c(C)cc(C)cc5C)cc4)cc3-c3ccc(/C(=C(/c4ccccc4)c4ccc(N(c5ccccc5)c5ccccc5)cc4)c4ccccc4)cc3)cc2)c2c(C)cc(C)cc2C)c(C)c1. The molecule has 0 aliphatic heterocycles. The van der Waals surface area contributed by atoms with Crippen LogP contribution in [0.4, 0.5) is 34.1 Å². The molecule has 19 rings (SSSR count). The van der Waals surface area contributed by atoms with Gasteiger partial charge >= 0.3 is 0 Å². The monoisotopic (exact) mass is 1770 g/mol. The molecule has 0 aliphatic rings. The van der Waals surface area contributed by atoms with Crippen molar-refractivity contribution in [2.75, 3.05) is 9.80 Å². The van der Waals surface area contributed by atoms with Crippen molar-refractivity contribution in [3.05, 3.63) is 582 Å². The highest BCUT2D eigenvalue weighted by Crippen LogP contribution is 2.45. The molecular weight excluding hydrogens is 1660 g/mol. The van der Waals surface area contributed by atoms with Crippen LogP contribution >= 0.6 is 0 Å². The second kappa shape index (κ2) is 40.8. The molecule has 0 unspecified atom stereocenters. The number of hydrogen-bond acceptors (Lipinski definition) is 2. The van der Waals surface area contributed by atoms with Gasteiger partial charge in [-0.3, -0.25) is 0 Å². The maximum absolute atomic E-state index is 3.93. The van der Waals surface area contributed by atoms with E-state index in [1.54, 1.807) is 0 Å². The Balaban J connectivity index is 0.810. The van der Waals surface area contributed by atoms with Gasteiger partial charge in [0.25, 0.3) is 0 Å². The van der Waals surface area contributed by atoms with Crippen molar-refractivity contribution < 1.29 is 0 Å². The summed E-state index contributed by atoms with van der Waals surface area (Å²) in [5, 5.41) is 0. The molecule has 662 valence electrons. The highest BCUT2D eigenvalue weighted by atomic mass is 15.1. The van der Waals surface area contributed by atoms with E-state index in [2.05, 4.69) is 565 Å². The van der Waals surface area contributed by atoms with Crippen molar-refractivity contribution in [2.45, 2.75) is 83.1 Å². The number of para-hydroxylation sites is 4. The van der Waals surface area contributed by atoms with Crippen LogP contribution in [0.5, 0.6) is 0 Å². The van der Waals surface area contributed by atoms with E-state index in [1.807, 2.05) is 0 Å². The summed E-state index contributed by atoms with van der Waals surface area (Å²) >= 11 is 0. The maximum Gasteiger partial charge on any atom is 0.242 e. The fourth-order valence-corrected chi connectivity index (χ4v) is 21.3. The Labute approximate surface area is 818 Å². The zero-order valence-electron chi connectivity index (χ0n) is 80.8. The Kier molecular flexibility index (Phi) is 26.8. The molecule has 2 nitrogen and oxygen atoms in total. The average Bonchev–Trinajstić information content (AvgIpc) is 0.768. The minimum Gasteiger partial charge on any atom is -0.311 e. The van der Waals surface area contributed by atoms with Gasteiger partial charge in [-0.05, 0) is 281 Å². The lowest BCUT2D eigenvalue weighted by Crippen LogP contribution is -2.55. The molecule has 0 spiro atoms. The fourth-order valence-electron chi connectivity index (χ4n) is 21.3. The first-order chi connectivity index (χ1) is 67.4. The standard InChI is InChI=1S/C134H110B2N2/c1-91-81-95(5)131(96(6)82-91)135(132-97(7)83-92(2)84-98(132)8)117-73-55-103(56-74-117)53-59-115-89-126(106-63-67-112(68-64-106)128(108-39-23-14-24-40-108)130(110-43-27-16-28-44-110)114-71-79-124(80-72-114)138(121-49-33-19-34-50-121)122-51-35-20-36-52-122)116(60-54-104-57-75-118(76-58-104)136(133-99(9)85-93(3)86-100(133)10)134-101(11)87-94(4)88-102(134)12)90-125(115)105-61-65-111(66-62-105)127(107-37-21-13-22-38-107)129(109-41-25-15-26-42-109)113-69-77-123(78-70-113)137(119-45-29-17-30-46-119)120-47-31-18-32-48-120/h13-52,55-58,61-90H,1-12H3/b129-127-,130-128-. The Morgan fingerprint density at radius 1 is 0.181 bits per heavy atom. The number of nitrogens with zero attached hydrogens (tertiary/aromatic N) is 2. The number of hydrogen-bond donors (Lipinski definition) is 0. The summed E-state index contributed by atoms with van der Waals surface area (Å²) in [7, 11) is 0. The summed E-state index contributed by atoms with van der Waals surface area (Å²) in [6, 6.07) is 164. The third kappa shape index (κ3) is 19.5. The largest absolute Gasteiger partial charge is 0.311 e. The van der Waals surface area contributed by atoms with E-state index < -0.39 is 0 Å². The van der Waals surface area contributed by atoms with Gasteiger partial charge in [-0.1, -0.05) is 463 Å². The molecule has 0 aliphatic carbocycles. The molecule has 138 heavy (non-hydrogen) atoms. The second-order valence-corrected chi connectivity index (χ2v) is 37.0. The van der Waals surface area contributed by atoms with Crippen LogP contribution in [0.3, 0.4) is 0 Å². The first-order valence-corrected chi connectivity index (χ1v) is 48.1. The highest BCUT2D eigenvalue weighted by Gasteiger charge is 2.32. The fraction of sp³-hybridized carbons (Fsp3) is 0.0896. The molecule has 0 fully saturated rings. The van der Waals surface area contributed by atoms with Crippen LogP contribution in [0.1, 0.15) is 134 Å². The smallest absolute Gasteiger partial charge is 0.242 e. The Morgan fingerprint density at radius 2 is 0.370 bits per heavy atom. The van der Waals surface area contributed by atoms with Gasteiger partial charge in [-0.15, -0.1) is 0 Å². The third-order valence-corrected chi connectivity index (χ3v) is 27.0. The quantitative estimate of drug-likeness (QED) is 0.0379. The zero-order chi connectivity index (χ0) is 94.9. The molecule has 0 saturated carbocycles. The van der Waals surface area contributed by atoms with Crippen LogP contribution in [-0.4, -0.2) is 13.4 Å². The summed E-state index contributed by atoms with van der Waals surface area (Å²) in [4.78, 5) is 4.65. The van der Waals surface area contributed by atoms with Crippen LogP contribution in [0.15, 0.2) is 449 Å². The highest BCUT2D eigenvalue weighted by molar-refractivity contribution is 6.97. The predicted molar refractivity (Wildman–Crippen MR) is 592 cm³/mol. The van der Waals surface area contributed by atoms with Crippen molar-refractivity contribution in [1.82, 2.24) is 0 Å². The number of benzene rings is 19. The summed E-state index contributed by atoms with van der Waals surface area (Å²) in [5.74, 6) is 15.5. The Morgan fingerprint density at radius 3 is 0.587 bits per heavy atom. The molecular formula is C134H110B2N2. The minimum atomic E-state index is 0.00426. The molecule has 0 saturated heterocycles. The van der Waals surface area contributed by atoms with Crippen molar-refractivity contribution in [2.24, 2.45) is 0 Å². The molecule has 0 amide bonds. The van der Waals surface area contributed by atoms with Gasteiger partial charge in [-0.25, -0.2) is 0 Å². The van der Waals surface area contributed by atoms with E-state index in [1.165, 1.54) is 99.5 Å². The maximum atomic E-state index is 3.93. The predicted octanol–water partition coefficient (Wildman–Crippen LogP) is 29.5. The molecule has 19 aromatic rings. The van der Waals surface area contributed by atoms with E-state index in [0.29, 0.717) is 0 Å². The summed E-state index contributed by atoms with van der Waals surface area (Å²) in [6.07, 6.45) is 0. The average molecular weight is 1770 g/mol. The topological polar surface area (TPSA) is 6.48 Å². The molecule has 4 heteroatoms. The van der Waals surface area contributed by atoms with E-state index >= 15 is 0 Å². The molecule has 0 atom stereocenters. The van der Waals surface area contributed by atoms with E-state index in [0.717, 1.165) is 145 Å². The van der Waals surface area contributed by atoms with Crippen LogP contribution in [0.25, 0.3) is 44.5 Å². The normalized spacial score (nSPS) is 11.4. The van der Waals surface area contributed by atoms with Gasteiger partial charge in [-0.2, -0.15) is 0 Å². The minimum absolute atomic E-state index is 0.00426. The molecule has 19 aromatic carbocycles. The van der Waals surface area contributed by atoms with Crippen molar-refractivity contribution in [3.63, 3.8) is 0 Å². The van der Waals surface area contributed by atoms with Gasteiger partial charge in [0.2, 0.25) is 13.4 Å². The van der Waals surface area contributed by atoms with Gasteiger partial charge < -0.3 is 9.80 Å². The van der Waals surface area contributed by atoms with Gasteiger partial charge in [0.05, 0.1) is 0 Å². The number of aryl methyl sites for hydroxylation is 12. The van der Waals surface area contributed by atoms with Gasteiger partial charge in [0.1, 0.15) is 0 Å². The van der Waals surface area contributed by atoms with Crippen LogP contribution in [-0.2, 0) is 0 Å². The first-order valence-electron chi connectivity index (χ1n) is 48.1. The van der Waals surface area contributed by atoms with Crippen molar-refractivity contribution in [3.8, 4) is 45.9 Å². The van der Waals surface area contributed by atoms with Crippen LogP contribution in [0.2, 0.25) is 0 Å². The molecule has 0 radical (unpaired) electrons. The Hall–Kier alpha value is -16.5. The summed E-state index contributed by atoms with van der Waals surface area (Å²) in [6.45, 7) is 27.1. The molecule has 0 bridgehead atoms. The summed E-state index contributed by atoms with van der Waals surface area (Å²) in [5.41, 5.74) is 50.4. The van der Waals surface area contributed by atoms with Gasteiger partial charge in [0.15, 0.2) is 0 Å². The number of rotatable bonds is 22. The van der Waals surface area contributed by atoms with Crippen LogP contribution < -0.4 is 42.6 Å². The lowest BCUT2D eigenvalue weighted by Gasteiger charge is -2.26. The van der Waals surface area contributed by atoms with Crippen LogP contribution in [0, 0.1) is 107 Å². The van der Waals surface area contributed by atoms with Gasteiger partial charge in [0, 0.05) is 56.4 Å². The molecule has 0 heterocycles. The lowest BCUT2D eigenvalue weighted by molar-refractivity contribution is 1.28. The first kappa shape index (κ1) is 90.7. The third-order valence-electron chi connectivity index (χ3n) is 27.0. The molecule has 0 aromatic heterocycles. The lowest BCUT2D eigenvalue weighted by atomic mass is 9.34. The van der Waals surface area contributed by atoms with Crippen molar-refractivity contribution in [1.29, 1.82) is 0 Å². The summed E-state index contributed by atoms with van der Waals surface area (Å²) < 4.78 is 0. The van der Waals surface area contributed by atoms with E-state index in [-0.39, 0.29) is 13.4 Å². The van der Waals surface area contributed by atoms with Crippen molar-refractivity contribution >= 4 is 103 Å². The number of anilines is 6. The second-order valence-electron chi connectivity index (χ2n) is 37.0. The Bertz CT molecular complexity index is 7070.